The molecule has 0 aliphatic carbocycles. The summed E-state index contributed by atoms with van der Waals surface area (Å²) in [5.74, 6) is 0. The second kappa shape index (κ2) is 6.07. The summed E-state index contributed by atoms with van der Waals surface area (Å²) >= 11 is 7.84. The first-order valence-electron chi connectivity index (χ1n) is 6.29. The zero-order valence-electron chi connectivity index (χ0n) is 10.7. The van der Waals surface area contributed by atoms with Crippen LogP contribution < -0.4 is 5.32 Å². The van der Waals surface area contributed by atoms with E-state index in [1.165, 1.54) is 16.0 Å². The van der Waals surface area contributed by atoms with Crippen LogP contribution >= 0.6 is 22.9 Å². The van der Waals surface area contributed by atoms with Gasteiger partial charge in [-0.25, -0.2) is 0 Å². The van der Waals surface area contributed by atoms with E-state index in [0.29, 0.717) is 5.02 Å². The van der Waals surface area contributed by atoms with Crippen LogP contribution in [0.2, 0.25) is 5.02 Å². The fourth-order valence-electron chi connectivity index (χ4n) is 1.95. The van der Waals surface area contributed by atoms with E-state index >= 15 is 0 Å². The van der Waals surface area contributed by atoms with E-state index in [4.69, 9.17) is 11.6 Å². The zero-order valence-corrected chi connectivity index (χ0v) is 12.3. The van der Waals surface area contributed by atoms with Crippen molar-refractivity contribution in [3.8, 4) is 11.1 Å². The highest BCUT2D eigenvalue weighted by Crippen LogP contribution is 2.27. The summed E-state index contributed by atoms with van der Waals surface area (Å²) in [4.78, 5) is 5.33. The van der Waals surface area contributed by atoms with E-state index < -0.39 is 0 Å². The normalized spacial score (nSPS) is 10.4. The third kappa shape index (κ3) is 3.00. The van der Waals surface area contributed by atoms with Crippen molar-refractivity contribution in [1.82, 2.24) is 4.98 Å². The predicted octanol–water partition coefficient (Wildman–Crippen LogP) is 5.08. The highest BCUT2D eigenvalue weighted by Gasteiger charge is 2.03. The predicted molar refractivity (Wildman–Crippen MR) is 86.3 cm³/mol. The first-order chi connectivity index (χ1) is 9.83. The molecule has 2 heterocycles. The van der Waals surface area contributed by atoms with Gasteiger partial charge in [-0.2, -0.15) is 0 Å². The van der Waals surface area contributed by atoms with Gasteiger partial charge in [0, 0.05) is 17.6 Å². The van der Waals surface area contributed by atoms with Gasteiger partial charge >= 0.3 is 0 Å². The average molecular weight is 301 g/mol. The van der Waals surface area contributed by atoms with Gasteiger partial charge < -0.3 is 5.32 Å². The minimum Gasteiger partial charge on any atom is -0.378 e. The van der Waals surface area contributed by atoms with Gasteiger partial charge in [-0.05, 0) is 28.6 Å². The van der Waals surface area contributed by atoms with Gasteiger partial charge in [-0.3, -0.25) is 4.98 Å². The largest absolute Gasteiger partial charge is 0.378 e. The Morgan fingerprint density at radius 1 is 1.10 bits per heavy atom. The van der Waals surface area contributed by atoms with Crippen LogP contribution in [0.15, 0.2) is 60.2 Å². The summed E-state index contributed by atoms with van der Waals surface area (Å²) in [5.41, 5.74) is 3.36. The molecule has 2 nitrogen and oxygen atoms in total. The number of hydrogen-bond donors (Lipinski definition) is 1. The molecule has 1 aromatic carbocycles. The van der Waals surface area contributed by atoms with E-state index in [9.17, 15) is 0 Å². The Kier molecular flexibility index (Phi) is 4.00. The lowest BCUT2D eigenvalue weighted by Crippen LogP contribution is -1.98. The summed E-state index contributed by atoms with van der Waals surface area (Å²) in [6.07, 6.45) is 3.43. The van der Waals surface area contributed by atoms with Gasteiger partial charge in [0.25, 0.3) is 0 Å². The molecule has 0 spiro atoms. The fraction of sp³-hybridized carbons (Fsp3) is 0.0625. The molecule has 0 aliphatic heterocycles. The fourth-order valence-corrected chi connectivity index (χ4v) is 2.95. The van der Waals surface area contributed by atoms with Crippen LogP contribution in [0, 0.1) is 0 Å². The number of benzene rings is 1. The van der Waals surface area contributed by atoms with E-state index in [-0.39, 0.29) is 0 Å². The molecule has 4 heteroatoms. The molecule has 3 rings (SSSR count). The van der Waals surface area contributed by atoms with Crippen LogP contribution in [0.1, 0.15) is 4.88 Å². The Morgan fingerprint density at radius 3 is 2.75 bits per heavy atom. The molecule has 0 saturated carbocycles. The molecule has 3 aromatic rings. The lowest BCUT2D eigenvalue weighted by molar-refractivity contribution is 1.17. The summed E-state index contributed by atoms with van der Waals surface area (Å²) in [6, 6.07) is 14.4. The number of nitrogens with one attached hydrogen (secondary N) is 1. The third-order valence-corrected chi connectivity index (χ3v) is 4.25. The quantitative estimate of drug-likeness (QED) is 0.727. The summed E-state index contributed by atoms with van der Waals surface area (Å²) in [6.45, 7) is 0.753. The molecule has 20 heavy (non-hydrogen) atoms. The Labute approximate surface area is 127 Å². The van der Waals surface area contributed by atoms with Crippen LogP contribution in [0.4, 0.5) is 5.69 Å². The van der Waals surface area contributed by atoms with Crippen LogP contribution in [0.5, 0.6) is 0 Å². The number of halogens is 1. The molecular weight excluding hydrogens is 288 g/mol. The maximum absolute atomic E-state index is 6.09. The van der Waals surface area contributed by atoms with Crippen LogP contribution in [-0.2, 0) is 6.54 Å². The highest BCUT2D eigenvalue weighted by atomic mass is 35.5. The molecule has 0 unspecified atom stereocenters. The monoisotopic (exact) mass is 300 g/mol. The average Bonchev–Trinajstić information content (AvgIpc) is 2.96. The van der Waals surface area contributed by atoms with Gasteiger partial charge in [-0.1, -0.05) is 41.9 Å². The van der Waals surface area contributed by atoms with Crippen molar-refractivity contribution < 1.29 is 0 Å². The number of pyridine rings is 1. The van der Waals surface area contributed by atoms with Gasteiger partial charge in [0.15, 0.2) is 0 Å². The molecule has 0 aliphatic rings. The lowest BCUT2D eigenvalue weighted by atomic mass is 10.1. The molecule has 0 saturated heterocycles. The molecule has 0 fully saturated rings. The smallest absolute Gasteiger partial charge is 0.0718 e. The van der Waals surface area contributed by atoms with E-state index in [1.54, 1.807) is 29.8 Å². The topological polar surface area (TPSA) is 24.9 Å². The minimum atomic E-state index is 0.694. The Bertz CT molecular complexity index is 694. The number of hydrogen-bond acceptors (Lipinski definition) is 3. The molecule has 100 valence electrons. The van der Waals surface area contributed by atoms with Gasteiger partial charge in [-0.15, -0.1) is 11.3 Å². The zero-order chi connectivity index (χ0) is 13.8. The van der Waals surface area contributed by atoms with Crippen molar-refractivity contribution in [2.24, 2.45) is 0 Å². The molecule has 1 N–H and O–H groups in total. The first-order valence-corrected chi connectivity index (χ1v) is 7.55. The summed E-state index contributed by atoms with van der Waals surface area (Å²) in [5, 5.41) is 6.18. The summed E-state index contributed by atoms with van der Waals surface area (Å²) in [7, 11) is 0. The standard InChI is InChI=1S/C16H13ClN2S/c17-15-6-7-18-10-16(15)19-9-14-8-13(11-20-14)12-4-2-1-3-5-12/h1-8,10-11,19H,9H2. The molecule has 0 amide bonds. The minimum absolute atomic E-state index is 0.694. The number of aromatic nitrogens is 1. The number of nitrogens with zero attached hydrogens (tertiary/aromatic N) is 1. The van der Waals surface area contributed by atoms with Crippen LogP contribution in [0.25, 0.3) is 11.1 Å². The molecule has 2 aromatic heterocycles. The van der Waals surface area contributed by atoms with Crippen molar-refractivity contribution in [2.75, 3.05) is 5.32 Å². The maximum Gasteiger partial charge on any atom is 0.0718 e. The number of rotatable bonds is 4. The number of thiophene rings is 1. The molecule has 0 atom stereocenters. The van der Waals surface area contributed by atoms with E-state index in [2.05, 4.69) is 46.0 Å². The van der Waals surface area contributed by atoms with E-state index in [0.717, 1.165) is 12.2 Å². The molecular formula is C16H13ClN2S. The summed E-state index contributed by atoms with van der Waals surface area (Å²) < 4.78 is 0. The Balaban J connectivity index is 1.71. The van der Waals surface area contributed by atoms with E-state index in [1.807, 2.05) is 6.07 Å². The van der Waals surface area contributed by atoms with Gasteiger partial charge in [0.05, 0.1) is 16.9 Å². The lowest BCUT2D eigenvalue weighted by Gasteiger charge is -2.05. The van der Waals surface area contributed by atoms with Crippen molar-refractivity contribution in [2.45, 2.75) is 6.54 Å². The first kappa shape index (κ1) is 13.2. The maximum atomic E-state index is 6.09. The van der Waals surface area contributed by atoms with Crippen molar-refractivity contribution >= 4 is 28.6 Å². The van der Waals surface area contributed by atoms with Gasteiger partial charge in [0.1, 0.15) is 0 Å². The Morgan fingerprint density at radius 2 is 1.95 bits per heavy atom. The van der Waals surface area contributed by atoms with Crippen molar-refractivity contribution in [1.29, 1.82) is 0 Å². The molecule has 0 bridgehead atoms. The second-order valence-corrected chi connectivity index (χ2v) is 5.78. The van der Waals surface area contributed by atoms with Crippen LogP contribution in [-0.4, -0.2) is 4.98 Å². The van der Waals surface area contributed by atoms with Crippen LogP contribution in [0.3, 0.4) is 0 Å². The van der Waals surface area contributed by atoms with Gasteiger partial charge in [0.2, 0.25) is 0 Å². The van der Waals surface area contributed by atoms with Crippen molar-refractivity contribution in [3.63, 3.8) is 0 Å². The molecule has 0 radical (unpaired) electrons. The third-order valence-electron chi connectivity index (χ3n) is 2.98. The SMILES string of the molecule is Clc1ccncc1NCc1cc(-c2ccccc2)cs1. The van der Waals surface area contributed by atoms with Crippen molar-refractivity contribution in [3.05, 3.63) is 70.1 Å². The Hall–Kier alpha value is -1.84. The second-order valence-electron chi connectivity index (χ2n) is 4.38. The highest BCUT2D eigenvalue weighted by molar-refractivity contribution is 7.10. The number of anilines is 1.